The van der Waals surface area contributed by atoms with E-state index in [0.717, 1.165) is 15.7 Å². The first-order valence-electron chi connectivity index (χ1n) is 9.32. The highest BCUT2D eigenvalue weighted by atomic mass is 79.9. The largest absolute Gasteiger partial charge is 0.493 e. The second-order valence-electron chi connectivity index (χ2n) is 6.59. The zero-order valence-electron chi connectivity index (χ0n) is 17.1. The Hall–Kier alpha value is -2.98. The molecule has 8 nitrogen and oxygen atoms in total. The number of aliphatic imine (C=N–C) groups is 1. The number of halogens is 1. The molecule has 10 heteroatoms. The van der Waals surface area contributed by atoms with Gasteiger partial charge in [0.05, 0.1) is 21.3 Å². The van der Waals surface area contributed by atoms with Crippen molar-refractivity contribution in [2.75, 3.05) is 39.0 Å². The fraction of sp³-hybridized carbons (Fsp3) is 0.238. The summed E-state index contributed by atoms with van der Waals surface area (Å²) < 4.78 is 23.0. The number of aromatic nitrogens is 1. The Bertz CT molecular complexity index is 1110. The number of benzene rings is 2. The lowest BCUT2D eigenvalue weighted by Gasteiger charge is -2.14. The molecule has 0 saturated heterocycles. The molecule has 0 amide bonds. The number of hydrogen-bond donors (Lipinski definition) is 2. The van der Waals surface area contributed by atoms with Crippen molar-refractivity contribution in [2.45, 2.75) is 6.04 Å². The molecule has 0 radical (unpaired) electrons. The molecule has 0 unspecified atom stereocenters. The standard InChI is InChI=1S/C21H21BrN4O4S/c1-27-15-8-13(9-16(28-2)17(15)29-3)24-21-26-19(23)18(31-21)20-25-14(10-30-20)11-5-4-6-12(22)7-11/h4-9,14H,10,23H2,1-3H3,(H,24,26)/t14-/m0/s1. The molecular formula is C21H21BrN4O4S. The van der Waals surface area contributed by atoms with E-state index in [-0.39, 0.29) is 6.04 Å². The number of nitrogens with two attached hydrogens (primary N) is 1. The third-order valence-electron chi connectivity index (χ3n) is 4.65. The molecule has 0 aliphatic carbocycles. The van der Waals surface area contributed by atoms with Crippen molar-refractivity contribution < 1.29 is 18.9 Å². The van der Waals surface area contributed by atoms with Gasteiger partial charge in [-0.2, -0.15) is 0 Å². The third kappa shape index (κ3) is 4.40. The third-order valence-corrected chi connectivity index (χ3v) is 6.12. The van der Waals surface area contributed by atoms with Crippen molar-refractivity contribution in [3.8, 4) is 17.2 Å². The molecule has 0 spiro atoms. The van der Waals surface area contributed by atoms with Crippen LogP contribution in [0, 0.1) is 0 Å². The Morgan fingerprint density at radius 2 is 1.87 bits per heavy atom. The lowest BCUT2D eigenvalue weighted by atomic mass is 10.1. The molecule has 0 bridgehead atoms. The van der Waals surface area contributed by atoms with Crippen LogP contribution in [0.5, 0.6) is 17.2 Å². The van der Waals surface area contributed by atoms with Crippen molar-refractivity contribution >= 4 is 49.8 Å². The van der Waals surface area contributed by atoms with Gasteiger partial charge in [-0.05, 0) is 17.7 Å². The minimum atomic E-state index is -0.0829. The average molecular weight is 505 g/mol. The van der Waals surface area contributed by atoms with Gasteiger partial charge >= 0.3 is 0 Å². The van der Waals surface area contributed by atoms with Gasteiger partial charge in [0.25, 0.3) is 0 Å². The summed E-state index contributed by atoms with van der Waals surface area (Å²) in [7, 11) is 4.70. The maximum atomic E-state index is 6.16. The van der Waals surface area contributed by atoms with Crippen molar-refractivity contribution in [3.05, 3.63) is 51.3 Å². The summed E-state index contributed by atoms with van der Waals surface area (Å²) in [5.41, 5.74) is 7.95. The molecule has 2 aromatic carbocycles. The maximum Gasteiger partial charge on any atom is 0.231 e. The summed E-state index contributed by atoms with van der Waals surface area (Å²) in [6, 6.07) is 11.5. The van der Waals surface area contributed by atoms with Gasteiger partial charge in [0.2, 0.25) is 11.6 Å². The summed E-state index contributed by atoms with van der Waals surface area (Å²) in [5, 5.41) is 3.83. The molecule has 1 atom stereocenters. The van der Waals surface area contributed by atoms with Crippen LogP contribution in [0.3, 0.4) is 0 Å². The maximum absolute atomic E-state index is 6.16. The molecule has 2 heterocycles. The van der Waals surface area contributed by atoms with Crippen LogP contribution in [0.2, 0.25) is 0 Å². The summed E-state index contributed by atoms with van der Waals surface area (Å²) in [6.07, 6.45) is 0. The van der Waals surface area contributed by atoms with Gasteiger partial charge in [-0.3, -0.25) is 0 Å². The van der Waals surface area contributed by atoms with Gasteiger partial charge in [-0.15, -0.1) is 0 Å². The molecule has 1 aliphatic heterocycles. The average Bonchev–Trinajstić information content (AvgIpc) is 3.39. The van der Waals surface area contributed by atoms with E-state index in [1.165, 1.54) is 11.3 Å². The number of thiazole rings is 1. The van der Waals surface area contributed by atoms with Crippen LogP contribution in [0.25, 0.3) is 0 Å². The van der Waals surface area contributed by atoms with Crippen LogP contribution in [0.4, 0.5) is 16.6 Å². The van der Waals surface area contributed by atoms with Crippen LogP contribution in [-0.2, 0) is 4.74 Å². The molecule has 31 heavy (non-hydrogen) atoms. The smallest absolute Gasteiger partial charge is 0.231 e. The van der Waals surface area contributed by atoms with Crippen LogP contribution >= 0.6 is 27.3 Å². The van der Waals surface area contributed by atoms with Crippen molar-refractivity contribution in [3.63, 3.8) is 0 Å². The second-order valence-corrected chi connectivity index (χ2v) is 8.50. The van der Waals surface area contributed by atoms with E-state index >= 15 is 0 Å². The second kappa shape index (κ2) is 9.03. The molecule has 3 N–H and O–H groups in total. The van der Waals surface area contributed by atoms with E-state index in [0.29, 0.717) is 45.6 Å². The van der Waals surface area contributed by atoms with Crippen molar-refractivity contribution in [1.29, 1.82) is 0 Å². The Morgan fingerprint density at radius 1 is 1.13 bits per heavy atom. The number of hydrogen-bond acceptors (Lipinski definition) is 9. The summed E-state index contributed by atoms with van der Waals surface area (Å²) >= 11 is 4.86. The SMILES string of the molecule is COc1cc(Nc2nc(N)c(C3=N[C@H](c4cccc(Br)c4)CO3)s2)cc(OC)c1OC. The monoisotopic (exact) mass is 504 g/mol. The van der Waals surface area contributed by atoms with Crippen molar-refractivity contribution in [2.24, 2.45) is 4.99 Å². The molecule has 3 aromatic rings. The first-order valence-corrected chi connectivity index (χ1v) is 10.9. The number of ether oxygens (including phenoxy) is 4. The highest BCUT2D eigenvalue weighted by molar-refractivity contribution is 9.10. The molecular weight excluding hydrogens is 484 g/mol. The minimum Gasteiger partial charge on any atom is -0.493 e. The highest BCUT2D eigenvalue weighted by Crippen LogP contribution is 2.41. The van der Waals surface area contributed by atoms with Crippen molar-refractivity contribution in [1.82, 2.24) is 4.98 Å². The first-order chi connectivity index (χ1) is 15.0. The highest BCUT2D eigenvalue weighted by Gasteiger charge is 2.26. The Balaban J connectivity index is 1.58. The van der Waals surface area contributed by atoms with Gasteiger partial charge in [0.15, 0.2) is 16.6 Å². The fourth-order valence-electron chi connectivity index (χ4n) is 3.20. The van der Waals surface area contributed by atoms with Gasteiger partial charge in [0, 0.05) is 22.3 Å². The van der Waals surface area contributed by atoms with Crippen LogP contribution in [-0.4, -0.2) is 38.8 Å². The number of nitrogens with zero attached hydrogens (tertiary/aromatic N) is 2. The topological polar surface area (TPSA) is 100 Å². The van der Waals surface area contributed by atoms with Crippen LogP contribution in [0.15, 0.2) is 45.9 Å². The van der Waals surface area contributed by atoms with E-state index in [1.807, 2.05) is 24.3 Å². The summed E-state index contributed by atoms with van der Waals surface area (Å²) in [4.78, 5) is 9.82. The van der Waals surface area contributed by atoms with E-state index < -0.39 is 0 Å². The van der Waals surface area contributed by atoms with Crippen LogP contribution in [0.1, 0.15) is 16.5 Å². The molecule has 0 fully saturated rings. The van der Waals surface area contributed by atoms with E-state index in [4.69, 9.17) is 29.7 Å². The predicted octanol–water partition coefficient (Wildman–Crippen LogP) is 4.78. The summed E-state index contributed by atoms with van der Waals surface area (Å²) in [5.74, 6) is 2.44. The minimum absolute atomic E-state index is 0.0829. The summed E-state index contributed by atoms with van der Waals surface area (Å²) in [6.45, 7) is 0.457. The van der Waals surface area contributed by atoms with E-state index in [1.54, 1.807) is 33.5 Å². The van der Waals surface area contributed by atoms with E-state index in [9.17, 15) is 0 Å². The Morgan fingerprint density at radius 3 is 2.52 bits per heavy atom. The lowest BCUT2D eigenvalue weighted by molar-refractivity contribution is 0.320. The van der Waals surface area contributed by atoms with Crippen LogP contribution < -0.4 is 25.3 Å². The number of methoxy groups -OCH3 is 3. The Kier molecular flexibility index (Phi) is 6.19. The predicted molar refractivity (Wildman–Crippen MR) is 125 cm³/mol. The lowest BCUT2D eigenvalue weighted by Crippen LogP contribution is -2.02. The number of nitrogen functional groups attached to an aromatic ring is 1. The van der Waals surface area contributed by atoms with Gasteiger partial charge in [-0.1, -0.05) is 39.4 Å². The zero-order valence-corrected chi connectivity index (χ0v) is 19.5. The van der Waals surface area contributed by atoms with Gasteiger partial charge in [0.1, 0.15) is 23.3 Å². The zero-order chi connectivity index (χ0) is 22.0. The molecule has 4 rings (SSSR count). The number of anilines is 3. The number of nitrogens with one attached hydrogen (secondary N) is 1. The first kappa shape index (κ1) is 21.3. The molecule has 0 saturated carbocycles. The number of rotatable bonds is 7. The van der Waals surface area contributed by atoms with E-state index in [2.05, 4.69) is 26.2 Å². The Labute approximate surface area is 192 Å². The molecule has 1 aromatic heterocycles. The fourth-order valence-corrected chi connectivity index (χ4v) is 4.47. The van der Waals surface area contributed by atoms with Gasteiger partial charge < -0.3 is 30.0 Å². The molecule has 162 valence electrons. The quantitative estimate of drug-likeness (QED) is 0.477. The molecule has 1 aliphatic rings. The normalized spacial score (nSPS) is 15.2. The van der Waals surface area contributed by atoms with Gasteiger partial charge in [-0.25, -0.2) is 9.98 Å².